The molecule has 0 unspecified atom stereocenters. The number of carbonyl (C=O) groups excluding carboxylic acids is 1. The van der Waals surface area contributed by atoms with Crippen LogP contribution in [-0.4, -0.2) is 27.2 Å². The Morgan fingerprint density at radius 2 is 1.83 bits per heavy atom. The molecule has 0 saturated carbocycles. The number of hydrogen-bond acceptors (Lipinski definition) is 5. The molecular weight excluding hydrogens is 298 g/mol. The maximum absolute atomic E-state index is 12.6. The van der Waals surface area contributed by atoms with E-state index in [0.29, 0.717) is 11.1 Å². The second kappa shape index (κ2) is 5.62. The van der Waals surface area contributed by atoms with Crippen LogP contribution in [0.4, 0.5) is 5.69 Å². The van der Waals surface area contributed by atoms with Gasteiger partial charge in [0.2, 0.25) is 0 Å². The Bertz CT molecular complexity index is 774. The third-order valence-electron chi connectivity index (χ3n) is 3.68. The van der Waals surface area contributed by atoms with E-state index < -0.39 is 16.6 Å². The van der Waals surface area contributed by atoms with Crippen LogP contribution < -0.4 is 0 Å². The molecule has 1 N–H and O–H groups in total. The van der Waals surface area contributed by atoms with E-state index >= 15 is 0 Å². The van der Waals surface area contributed by atoms with Gasteiger partial charge in [-0.05, 0) is 24.3 Å². The van der Waals surface area contributed by atoms with Gasteiger partial charge in [-0.2, -0.15) is 10.1 Å². The number of rotatable bonds is 3. The Hall–Kier alpha value is -3.06. The molecule has 23 heavy (non-hydrogen) atoms. The van der Waals surface area contributed by atoms with Crippen molar-refractivity contribution in [3.05, 3.63) is 75.8 Å². The van der Waals surface area contributed by atoms with Crippen LogP contribution in [0.1, 0.15) is 22.3 Å². The van der Waals surface area contributed by atoms with Crippen LogP contribution in [0, 0.1) is 10.1 Å². The Balaban J connectivity index is 1.94. The average molecular weight is 311 g/mol. The zero-order chi connectivity index (χ0) is 16.4. The first-order valence-electron chi connectivity index (χ1n) is 6.92. The second-order valence-corrected chi connectivity index (χ2v) is 5.11. The molecule has 116 valence electrons. The van der Waals surface area contributed by atoms with Gasteiger partial charge < -0.3 is 5.11 Å². The average Bonchev–Trinajstić information content (AvgIpc) is 2.98. The molecule has 1 atom stereocenters. The van der Waals surface area contributed by atoms with Crippen molar-refractivity contribution in [2.24, 2.45) is 5.10 Å². The molecule has 1 amide bonds. The standard InChI is InChI=1S/C16H13N3O4/c20-15(12-4-2-1-3-5-12)18-16(21,10-11-17-18)13-6-8-14(9-7-13)19(22)23/h1-9,11,21H,10H2/t16-/m0/s1. The van der Waals surface area contributed by atoms with Gasteiger partial charge in [-0.25, -0.2) is 0 Å². The van der Waals surface area contributed by atoms with Gasteiger partial charge in [0, 0.05) is 35.9 Å². The molecule has 7 heteroatoms. The highest BCUT2D eigenvalue weighted by Crippen LogP contribution is 2.34. The zero-order valence-corrected chi connectivity index (χ0v) is 12.0. The number of aliphatic hydroxyl groups is 1. The quantitative estimate of drug-likeness (QED) is 0.694. The summed E-state index contributed by atoms with van der Waals surface area (Å²) in [4.78, 5) is 22.8. The number of hydrazone groups is 1. The molecule has 1 aliphatic rings. The minimum Gasteiger partial charge on any atom is -0.365 e. The Kier molecular flexibility index (Phi) is 3.63. The highest BCUT2D eigenvalue weighted by atomic mass is 16.6. The van der Waals surface area contributed by atoms with Gasteiger partial charge in [-0.1, -0.05) is 18.2 Å². The number of non-ortho nitro benzene ring substituents is 1. The summed E-state index contributed by atoms with van der Waals surface area (Å²) in [6, 6.07) is 13.9. The van der Waals surface area contributed by atoms with Crippen molar-refractivity contribution < 1.29 is 14.8 Å². The molecular formula is C16H13N3O4. The number of nitro benzene ring substituents is 1. The molecule has 7 nitrogen and oxygen atoms in total. The maximum atomic E-state index is 12.6. The normalized spacial score (nSPS) is 19.8. The minimum absolute atomic E-state index is 0.0859. The Morgan fingerprint density at radius 1 is 1.17 bits per heavy atom. The first-order valence-corrected chi connectivity index (χ1v) is 6.92. The summed E-state index contributed by atoms with van der Waals surface area (Å²) in [5, 5.41) is 26.6. The molecule has 2 aromatic rings. The molecule has 0 aromatic heterocycles. The van der Waals surface area contributed by atoms with Gasteiger partial charge in [0.15, 0.2) is 5.72 Å². The fourth-order valence-electron chi connectivity index (χ4n) is 2.45. The van der Waals surface area contributed by atoms with E-state index in [9.17, 15) is 20.0 Å². The summed E-state index contributed by atoms with van der Waals surface area (Å²) in [7, 11) is 0. The highest BCUT2D eigenvalue weighted by molar-refractivity contribution is 5.95. The third kappa shape index (κ3) is 2.58. The molecule has 0 fully saturated rings. The van der Waals surface area contributed by atoms with Crippen LogP contribution >= 0.6 is 0 Å². The summed E-state index contributed by atoms with van der Waals surface area (Å²) in [6.45, 7) is 0. The monoisotopic (exact) mass is 311 g/mol. The van der Waals surface area contributed by atoms with Crippen molar-refractivity contribution in [1.82, 2.24) is 5.01 Å². The minimum atomic E-state index is -1.65. The van der Waals surface area contributed by atoms with Gasteiger partial charge in [-0.15, -0.1) is 0 Å². The fraction of sp³-hybridized carbons (Fsp3) is 0.125. The number of carbonyl (C=O) groups is 1. The smallest absolute Gasteiger partial charge is 0.276 e. The topological polar surface area (TPSA) is 96.0 Å². The first-order chi connectivity index (χ1) is 11.0. The van der Waals surface area contributed by atoms with Crippen LogP contribution in [0.2, 0.25) is 0 Å². The van der Waals surface area contributed by atoms with Gasteiger partial charge in [-0.3, -0.25) is 14.9 Å². The van der Waals surface area contributed by atoms with Crippen LogP contribution in [-0.2, 0) is 5.72 Å². The summed E-state index contributed by atoms with van der Waals surface area (Å²) in [6.07, 6.45) is 1.56. The predicted molar refractivity (Wildman–Crippen MR) is 82.7 cm³/mol. The van der Waals surface area contributed by atoms with Crippen molar-refractivity contribution in [3.63, 3.8) is 0 Å². The van der Waals surface area contributed by atoms with Gasteiger partial charge >= 0.3 is 0 Å². The number of amides is 1. The Morgan fingerprint density at radius 3 is 2.43 bits per heavy atom. The Labute approximate surface area is 131 Å². The van der Waals surface area contributed by atoms with Gasteiger partial charge in [0.05, 0.1) is 4.92 Å². The fourth-order valence-corrected chi connectivity index (χ4v) is 2.45. The lowest BCUT2D eigenvalue weighted by Gasteiger charge is -2.31. The molecule has 1 heterocycles. The van der Waals surface area contributed by atoms with E-state index in [1.807, 2.05) is 0 Å². The van der Waals surface area contributed by atoms with Crippen LogP contribution in [0.15, 0.2) is 59.7 Å². The summed E-state index contributed by atoms with van der Waals surface area (Å²) in [5.41, 5.74) is -0.976. The van der Waals surface area contributed by atoms with Crippen LogP contribution in [0.5, 0.6) is 0 Å². The van der Waals surface area contributed by atoms with E-state index in [0.717, 1.165) is 5.01 Å². The summed E-state index contributed by atoms with van der Waals surface area (Å²) < 4.78 is 0. The third-order valence-corrected chi connectivity index (χ3v) is 3.68. The van der Waals surface area contributed by atoms with Crippen molar-refractivity contribution in [1.29, 1.82) is 0 Å². The SMILES string of the molecule is O=C(c1ccccc1)N1N=CC[C@]1(O)c1ccc([N+](=O)[O-])cc1. The van der Waals surface area contributed by atoms with E-state index in [-0.39, 0.29) is 12.1 Å². The number of nitro groups is 1. The van der Waals surface area contributed by atoms with E-state index in [1.165, 1.54) is 30.5 Å². The largest absolute Gasteiger partial charge is 0.365 e. The lowest BCUT2D eigenvalue weighted by atomic mass is 9.99. The predicted octanol–water partition coefficient (Wildman–Crippen LogP) is 2.27. The molecule has 0 saturated heterocycles. The molecule has 2 aromatic carbocycles. The highest BCUT2D eigenvalue weighted by Gasteiger charge is 2.43. The van der Waals surface area contributed by atoms with Crippen LogP contribution in [0.25, 0.3) is 0 Å². The van der Waals surface area contributed by atoms with Crippen molar-refractivity contribution in [3.8, 4) is 0 Å². The molecule has 3 rings (SSSR count). The number of nitrogens with zero attached hydrogens (tertiary/aromatic N) is 3. The van der Waals surface area contributed by atoms with Gasteiger partial charge in [0.1, 0.15) is 0 Å². The molecule has 0 spiro atoms. The molecule has 1 aliphatic heterocycles. The van der Waals surface area contributed by atoms with Gasteiger partial charge in [0.25, 0.3) is 11.6 Å². The lowest BCUT2D eigenvalue weighted by Crippen LogP contribution is -2.43. The summed E-state index contributed by atoms with van der Waals surface area (Å²) >= 11 is 0. The molecule has 0 bridgehead atoms. The van der Waals surface area contributed by atoms with E-state index in [1.54, 1.807) is 30.3 Å². The molecule has 0 aliphatic carbocycles. The van der Waals surface area contributed by atoms with Crippen molar-refractivity contribution in [2.45, 2.75) is 12.1 Å². The second-order valence-electron chi connectivity index (χ2n) is 5.11. The maximum Gasteiger partial charge on any atom is 0.276 e. The van der Waals surface area contributed by atoms with E-state index in [4.69, 9.17) is 0 Å². The molecule has 0 radical (unpaired) electrons. The van der Waals surface area contributed by atoms with E-state index in [2.05, 4.69) is 5.10 Å². The number of benzene rings is 2. The van der Waals surface area contributed by atoms with Crippen LogP contribution in [0.3, 0.4) is 0 Å². The number of hydrogen-bond donors (Lipinski definition) is 1. The lowest BCUT2D eigenvalue weighted by molar-refractivity contribution is -0.384. The van der Waals surface area contributed by atoms with Crippen molar-refractivity contribution in [2.75, 3.05) is 0 Å². The summed E-state index contributed by atoms with van der Waals surface area (Å²) in [5.74, 6) is -0.444. The first kappa shape index (κ1) is 14.9. The zero-order valence-electron chi connectivity index (χ0n) is 12.0. The van der Waals surface area contributed by atoms with Crippen molar-refractivity contribution >= 4 is 17.8 Å².